The van der Waals surface area contributed by atoms with E-state index in [2.05, 4.69) is 15.4 Å². The zero-order chi connectivity index (χ0) is 20.7. The van der Waals surface area contributed by atoms with Crippen LogP contribution in [0.25, 0.3) is 27.2 Å². The number of hydrogen-bond acceptors (Lipinski definition) is 7. The van der Waals surface area contributed by atoms with Crippen molar-refractivity contribution in [3.8, 4) is 17.0 Å². The van der Waals surface area contributed by atoms with E-state index in [0.717, 1.165) is 11.3 Å². The standard InChI is InChI=1S/C21H14N4O4S/c1-28-17-9-5-3-7-13(17)15-11-30-21-23-20(24-25(15)21)22-18(26)14-10-12-6-2-4-8-16(12)29-19(14)27/h2-11H,1H3,(H,22,24,26). The van der Waals surface area contributed by atoms with Gasteiger partial charge in [-0.3, -0.25) is 10.1 Å². The number of methoxy groups -OCH3 is 1. The summed E-state index contributed by atoms with van der Waals surface area (Å²) >= 11 is 1.38. The van der Waals surface area contributed by atoms with Gasteiger partial charge in [0.2, 0.25) is 4.96 Å². The smallest absolute Gasteiger partial charge is 0.349 e. The molecule has 8 nitrogen and oxygen atoms in total. The number of nitrogens with zero attached hydrogens (tertiary/aromatic N) is 3. The summed E-state index contributed by atoms with van der Waals surface area (Å²) in [5.41, 5.74) is 1.22. The van der Waals surface area contributed by atoms with Gasteiger partial charge in [0, 0.05) is 16.3 Å². The Balaban J connectivity index is 1.49. The second kappa shape index (κ2) is 7.12. The van der Waals surface area contributed by atoms with Gasteiger partial charge in [-0.05, 0) is 24.3 Å². The van der Waals surface area contributed by atoms with E-state index in [0.29, 0.717) is 21.7 Å². The number of carbonyl (C=O) groups is 1. The molecule has 9 heteroatoms. The maximum atomic E-state index is 12.7. The zero-order valence-corrected chi connectivity index (χ0v) is 16.5. The van der Waals surface area contributed by atoms with Gasteiger partial charge in [-0.2, -0.15) is 4.98 Å². The van der Waals surface area contributed by atoms with Crippen molar-refractivity contribution in [2.75, 3.05) is 12.4 Å². The number of para-hydroxylation sites is 2. The molecule has 0 aliphatic rings. The van der Waals surface area contributed by atoms with Crippen molar-refractivity contribution in [3.63, 3.8) is 0 Å². The Kier molecular flexibility index (Phi) is 4.29. The monoisotopic (exact) mass is 418 g/mol. The van der Waals surface area contributed by atoms with E-state index in [9.17, 15) is 9.59 Å². The predicted molar refractivity (Wildman–Crippen MR) is 113 cm³/mol. The number of amides is 1. The van der Waals surface area contributed by atoms with Crippen LogP contribution in [-0.2, 0) is 0 Å². The molecule has 5 rings (SSSR count). The predicted octanol–water partition coefficient (Wildman–Crippen LogP) is 3.83. The SMILES string of the molecule is COc1ccccc1-c1csc2nc(NC(=O)c3cc4ccccc4oc3=O)nn12. The minimum Gasteiger partial charge on any atom is -0.496 e. The van der Waals surface area contributed by atoms with Crippen molar-refractivity contribution < 1.29 is 13.9 Å². The Morgan fingerprint density at radius 2 is 1.97 bits per heavy atom. The summed E-state index contributed by atoms with van der Waals surface area (Å²) in [5, 5.41) is 9.52. The first kappa shape index (κ1) is 18.1. The summed E-state index contributed by atoms with van der Waals surface area (Å²) in [6.07, 6.45) is 0. The summed E-state index contributed by atoms with van der Waals surface area (Å²) in [6, 6.07) is 16.0. The molecule has 0 bridgehead atoms. The third kappa shape index (κ3) is 3.01. The van der Waals surface area contributed by atoms with Crippen molar-refractivity contribution >= 4 is 39.1 Å². The van der Waals surface area contributed by atoms with Crippen molar-refractivity contribution in [1.29, 1.82) is 0 Å². The summed E-state index contributed by atoms with van der Waals surface area (Å²) in [4.78, 5) is 29.8. The van der Waals surface area contributed by atoms with Gasteiger partial charge in [0.05, 0.1) is 12.8 Å². The Morgan fingerprint density at radius 1 is 1.17 bits per heavy atom. The molecule has 0 saturated carbocycles. The average molecular weight is 418 g/mol. The molecule has 0 fully saturated rings. The highest BCUT2D eigenvalue weighted by molar-refractivity contribution is 7.15. The summed E-state index contributed by atoms with van der Waals surface area (Å²) in [5.74, 6) is 0.161. The molecular formula is C21H14N4O4S. The summed E-state index contributed by atoms with van der Waals surface area (Å²) < 4.78 is 12.3. The van der Waals surface area contributed by atoms with Crippen LogP contribution in [-0.4, -0.2) is 27.6 Å². The minimum absolute atomic E-state index is 0.0931. The molecule has 0 unspecified atom stereocenters. The quantitative estimate of drug-likeness (QED) is 0.446. The van der Waals surface area contributed by atoms with Gasteiger partial charge in [0.15, 0.2) is 0 Å². The maximum absolute atomic E-state index is 12.7. The molecule has 5 aromatic rings. The van der Waals surface area contributed by atoms with Crippen LogP contribution in [0, 0.1) is 0 Å². The number of benzene rings is 2. The lowest BCUT2D eigenvalue weighted by atomic mass is 10.1. The molecule has 30 heavy (non-hydrogen) atoms. The molecule has 3 heterocycles. The van der Waals surface area contributed by atoms with E-state index in [4.69, 9.17) is 9.15 Å². The van der Waals surface area contributed by atoms with Gasteiger partial charge in [-0.15, -0.1) is 16.4 Å². The molecule has 0 aliphatic heterocycles. The number of hydrogen-bond donors (Lipinski definition) is 1. The molecule has 0 aliphatic carbocycles. The molecular weight excluding hydrogens is 404 g/mol. The number of aromatic nitrogens is 3. The van der Waals surface area contributed by atoms with E-state index < -0.39 is 11.5 Å². The fourth-order valence-electron chi connectivity index (χ4n) is 3.17. The number of carbonyl (C=O) groups excluding carboxylic acids is 1. The van der Waals surface area contributed by atoms with Crippen LogP contribution in [0.2, 0.25) is 0 Å². The Morgan fingerprint density at radius 3 is 2.83 bits per heavy atom. The second-order valence-corrected chi connectivity index (χ2v) is 7.23. The lowest BCUT2D eigenvalue weighted by molar-refractivity contribution is 0.102. The molecule has 148 valence electrons. The lowest BCUT2D eigenvalue weighted by Gasteiger charge is -2.06. The van der Waals surface area contributed by atoms with Crippen LogP contribution in [0.15, 0.2) is 69.2 Å². The van der Waals surface area contributed by atoms with Crippen LogP contribution < -0.4 is 15.7 Å². The van der Waals surface area contributed by atoms with Crippen LogP contribution in [0.4, 0.5) is 5.95 Å². The number of thiazole rings is 1. The van der Waals surface area contributed by atoms with Crippen molar-refractivity contribution in [1.82, 2.24) is 14.6 Å². The van der Waals surface area contributed by atoms with Crippen molar-refractivity contribution in [2.45, 2.75) is 0 Å². The highest BCUT2D eigenvalue weighted by Gasteiger charge is 2.18. The first-order valence-electron chi connectivity index (χ1n) is 8.96. The maximum Gasteiger partial charge on any atom is 0.349 e. The van der Waals surface area contributed by atoms with Gasteiger partial charge in [-0.25, -0.2) is 9.31 Å². The third-order valence-electron chi connectivity index (χ3n) is 4.58. The second-order valence-electron chi connectivity index (χ2n) is 6.39. The van der Waals surface area contributed by atoms with Crippen LogP contribution in [0.1, 0.15) is 10.4 Å². The van der Waals surface area contributed by atoms with Crippen LogP contribution in [0.5, 0.6) is 5.75 Å². The highest BCUT2D eigenvalue weighted by Crippen LogP contribution is 2.32. The lowest BCUT2D eigenvalue weighted by Crippen LogP contribution is -2.21. The van der Waals surface area contributed by atoms with Gasteiger partial charge < -0.3 is 9.15 Å². The van der Waals surface area contributed by atoms with E-state index in [-0.39, 0.29) is 11.5 Å². The fourth-order valence-corrected chi connectivity index (χ4v) is 3.99. The van der Waals surface area contributed by atoms with E-state index in [1.807, 2.05) is 29.6 Å². The largest absolute Gasteiger partial charge is 0.496 e. The van der Waals surface area contributed by atoms with Crippen molar-refractivity contribution in [2.24, 2.45) is 0 Å². The molecule has 0 spiro atoms. The number of rotatable bonds is 4. The van der Waals surface area contributed by atoms with Gasteiger partial charge in [-0.1, -0.05) is 30.3 Å². The first-order valence-corrected chi connectivity index (χ1v) is 9.84. The topological polar surface area (TPSA) is 98.7 Å². The van der Waals surface area contributed by atoms with Gasteiger partial charge in [0.1, 0.15) is 16.9 Å². The normalized spacial score (nSPS) is 11.1. The van der Waals surface area contributed by atoms with Crippen LogP contribution in [0.3, 0.4) is 0 Å². The Bertz CT molecular complexity index is 1470. The van der Waals surface area contributed by atoms with E-state index in [1.165, 1.54) is 17.4 Å². The fraction of sp³-hybridized carbons (Fsp3) is 0.0476. The molecule has 0 radical (unpaired) electrons. The molecule has 2 aromatic carbocycles. The Hall–Kier alpha value is -3.98. The first-order chi connectivity index (χ1) is 14.6. The van der Waals surface area contributed by atoms with Gasteiger partial charge in [0.25, 0.3) is 11.9 Å². The van der Waals surface area contributed by atoms with E-state index >= 15 is 0 Å². The number of fused-ring (bicyclic) bond motifs is 2. The van der Waals surface area contributed by atoms with E-state index in [1.54, 1.807) is 35.9 Å². The van der Waals surface area contributed by atoms with Crippen LogP contribution >= 0.6 is 11.3 Å². The number of anilines is 1. The van der Waals surface area contributed by atoms with Gasteiger partial charge >= 0.3 is 5.63 Å². The van der Waals surface area contributed by atoms with Crippen molar-refractivity contribution in [3.05, 3.63) is 76.0 Å². The summed E-state index contributed by atoms with van der Waals surface area (Å²) in [7, 11) is 1.60. The molecule has 0 saturated heterocycles. The molecule has 1 amide bonds. The molecule has 1 N–H and O–H groups in total. The number of ether oxygens (including phenoxy) is 1. The molecule has 3 aromatic heterocycles. The molecule has 0 atom stereocenters. The minimum atomic E-state index is -0.720. The zero-order valence-electron chi connectivity index (χ0n) is 15.7. The third-order valence-corrected chi connectivity index (χ3v) is 5.39. The Labute approximate surface area is 173 Å². The summed E-state index contributed by atoms with van der Waals surface area (Å²) in [6.45, 7) is 0. The average Bonchev–Trinajstić information content (AvgIpc) is 3.33. The highest BCUT2D eigenvalue weighted by atomic mass is 32.1. The number of nitrogens with one attached hydrogen (secondary N) is 1.